The molecule has 1 aromatic heterocycles. The number of amides is 2. The maximum absolute atomic E-state index is 14.7. The van der Waals surface area contributed by atoms with Crippen molar-refractivity contribution in [3.8, 4) is 17.6 Å². The second-order valence-corrected chi connectivity index (χ2v) is 12.1. The lowest BCUT2D eigenvalue weighted by Crippen LogP contribution is -2.68. The molecule has 0 bridgehead atoms. The summed E-state index contributed by atoms with van der Waals surface area (Å²) in [6.45, 7) is 2.21. The van der Waals surface area contributed by atoms with Crippen molar-refractivity contribution < 1.29 is 45.4 Å². The van der Waals surface area contributed by atoms with Gasteiger partial charge in [0.25, 0.3) is 11.8 Å². The number of para-hydroxylation sites is 1. The molecule has 0 spiro atoms. The maximum Gasteiger partial charge on any atom is 0.417 e. The van der Waals surface area contributed by atoms with E-state index in [1.54, 1.807) is 36.1 Å². The van der Waals surface area contributed by atoms with Crippen molar-refractivity contribution in [2.75, 3.05) is 19.6 Å². The number of carbonyl (C=O) groups excluding carboxylic acids is 2. The molecule has 8 nitrogen and oxygen atoms in total. The van der Waals surface area contributed by atoms with E-state index in [0.717, 1.165) is 36.7 Å². The van der Waals surface area contributed by atoms with E-state index < -0.39 is 52.5 Å². The van der Waals surface area contributed by atoms with Crippen molar-refractivity contribution in [3.63, 3.8) is 0 Å². The lowest BCUT2D eigenvalue weighted by molar-refractivity contribution is -0.161. The van der Waals surface area contributed by atoms with Gasteiger partial charge < -0.3 is 19.3 Å². The molecule has 3 aromatic rings. The molecule has 2 atom stereocenters. The molecule has 2 aliphatic rings. The number of likely N-dealkylation sites (tertiary alicyclic amines) is 2. The molecule has 0 saturated carbocycles. The normalized spacial score (nSPS) is 20.4. The molecule has 2 fully saturated rings. The molecule has 49 heavy (non-hydrogen) atoms. The summed E-state index contributed by atoms with van der Waals surface area (Å²) in [6.07, 6.45) is -6.45. The Morgan fingerprint density at radius 2 is 1.67 bits per heavy atom. The van der Waals surface area contributed by atoms with Gasteiger partial charge in [0.2, 0.25) is 5.60 Å². The lowest BCUT2D eigenvalue weighted by atomic mass is 9.79. The Kier molecular flexibility index (Phi) is 10.4. The number of alkyl halides is 6. The Labute approximate surface area is 279 Å². The highest BCUT2D eigenvalue weighted by Crippen LogP contribution is 2.41. The van der Waals surface area contributed by atoms with Gasteiger partial charge in [0.1, 0.15) is 23.7 Å². The van der Waals surface area contributed by atoms with Gasteiger partial charge in [-0.15, -0.1) is 0 Å². The van der Waals surface area contributed by atoms with Crippen LogP contribution in [0.25, 0.3) is 0 Å². The van der Waals surface area contributed by atoms with Gasteiger partial charge in [0.05, 0.1) is 28.3 Å². The largest absolute Gasteiger partial charge is 0.489 e. The molecule has 2 aliphatic heterocycles. The summed E-state index contributed by atoms with van der Waals surface area (Å²) >= 11 is 0. The number of hydrogen-bond acceptors (Lipinski definition) is 6. The van der Waals surface area contributed by atoms with E-state index in [1.807, 2.05) is 0 Å². The molecule has 0 radical (unpaired) electrons. The minimum absolute atomic E-state index is 0.0231. The summed E-state index contributed by atoms with van der Waals surface area (Å²) in [4.78, 5) is 35.2. The Bertz CT molecular complexity index is 1680. The van der Waals surface area contributed by atoms with E-state index in [4.69, 9.17) is 9.47 Å². The zero-order valence-corrected chi connectivity index (χ0v) is 26.6. The Morgan fingerprint density at radius 1 is 0.980 bits per heavy atom. The third-order valence-electron chi connectivity index (χ3n) is 8.92. The molecular formula is C35H34F6N4O4. The van der Waals surface area contributed by atoms with Crippen molar-refractivity contribution in [1.82, 2.24) is 14.8 Å². The third kappa shape index (κ3) is 7.60. The summed E-state index contributed by atoms with van der Waals surface area (Å²) in [5.41, 5.74) is -4.24. The number of carbonyl (C=O) groups is 2. The monoisotopic (exact) mass is 688 g/mol. The molecule has 0 N–H and O–H groups in total. The van der Waals surface area contributed by atoms with Gasteiger partial charge in [-0.05, 0) is 55.3 Å². The summed E-state index contributed by atoms with van der Waals surface area (Å²) < 4.78 is 94.5. The van der Waals surface area contributed by atoms with Crippen LogP contribution >= 0.6 is 0 Å². The molecule has 260 valence electrons. The molecule has 14 heteroatoms. The predicted octanol–water partition coefficient (Wildman–Crippen LogP) is 7.28. The first kappa shape index (κ1) is 35.5. The van der Waals surface area contributed by atoms with E-state index in [0.29, 0.717) is 36.6 Å². The van der Waals surface area contributed by atoms with Crippen molar-refractivity contribution >= 4 is 11.8 Å². The Balaban J connectivity index is 1.49. The van der Waals surface area contributed by atoms with Crippen LogP contribution in [0, 0.1) is 11.3 Å². The van der Waals surface area contributed by atoms with E-state index in [9.17, 15) is 41.2 Å². The number of nitrogens with zero attached hydrogens (tertiary/aromatic N) is 4. The fourth-order valence-corrected chi connectivity index (χ4v) is 6.58. The van der Waals surface area contributed by atoms with E-state index in [-0.39, 0.29) is 50.8 Å². The zero-order chi connectivity index (χ0) is 35.4. The van der Waals surface area contributed by atoms with E-state index in [1.165, 1.54) is 4.90 Å². The summed E-state index contributed by atoms with van der Waals surface area (Å²) in [5, 5.41) is 9.43. The second kappa shape index (κ2) is 14.4. The van der Waals surface area contributed by atoms with Crippen LogP contribution in [-0.4, -0.2) is 64.0 Å². The van der Waals surface area contributed by atoms with Crippen LogP contribution in [0.2, 0.25) is 0 Å². The number of ether oxygens (including phenoxy) is 2. The number of nitriles is 1. The summed E-state index contributed by atoms with van der Waals surface area (Å²) in [5.74, 6) is -1.15. The van der Waals surface area contributed by atoms with Crippen molar-refractivity contribution in [1.29, 1.82) is 5.26 Å². The van der Waals surface area contributed by atoms with Gasteiger partial charge in [-0.25, -0.2) is 0 Å². The number of aromatic nitrogens is 1. The number of benzene rings is 2. The Hall–Kier alpha value is -4.80. The molecule has 3 heterocycles. The number of hydrogen-bond donors (Lipinski definition) is 0. The maximum atomic E-state index is 14.7. The quantitative estimate of drug-likeness (QED) is 0.231. The molecule has 0 unspecified atom stereocenters. The summed E-state index contributed by atoms with van der Waals surface area (Å²) in [7, 11) is 0. The van der Waals surface area contributed by atoms with Gasteiger partial charge in [0.15, 0.2) is 0 Å². The van der Waals surface area contributed by atoms with Gasteiger partial charge in [-0.3, -0.25) is 14.6 Å². The highest BCUT2D eigenvalue weighted by atomic mass is 19.4. The number of rotatable bonds is 8. The van der Waals surface area contributed by atoms with Crippen molar-refractivity contribution in [2.24, 2.45) is 0 Å². The third-order valence-corrected chi connectivity index (χ3v) is 8.92. The van der Waals surface area contributed by atoms with E-state index in [2.05, 4.69) is 11.1 Å². The van der Waals surface area contributed by atoms with Crippen LogP contribution in [0.1, 0.15) is 72.5 Å². The molecule has 0 aliphatic carbocycles. The first-order valence-corrected chi connectivity index (χ1v) is 15.9. The lowest BCUT2D eigenvalue weighted by Gasteiger charge is -2.50. The summed E-state index contributed by atoms with van der Waals surface area (Å²) in [6, 6.07) is 12.3. The van der Waals surface area contributed by atoms with Crippen LogP contribution in [0.3, 0.4) is 0 Å². The fraction of sp³-hybridized carbons (Fsp3) is 0.429. The van der Waals surface area contributed by atoms with Crippen molar-refractivity contribution in [2.45, 2.75) is 75.5 Å². The van der Waals surface area contributed by atoms with Gasteiger partial charge in [-0.1, -0.05) is 25.5 Å². The fourth-order valence-electron chi connectivity index (χ4n) is 6.58. The molecular weight excluding hydrogens is 654 g/mol. The first-order chi connectivity index (χ1) is 23.3. The van der Waals surface area contributed by atoms with Gasteiger partial charge in [0, 0.05) is 51.3 Å². The van der Waals surface area contributed by atoms with Crippen LogP contribution in [-0.2, 0) is 17.1 Å². The van der Waals surface area contributed by atoms with Crippen LogP contribution in [0.5, 0.6) is 11.5 Å². The van der Waals surface area contributed by atoms with Gasteiger partial charge >= 0.3 is 12.4 Å². The minimum atomic E-state index is -4.85. The highest BCUT2D eigenvalue weighted by Gasteiger charge is 2.56. The standard InChI is InChI=1S/C35H34F6N4O4/c1-2-6-30-33(49-26-11-9-24(10-12-26)34(36,37)38,16-5-18-45(30)31(46)27-22-43-17-13-28(27)35(39,40)41)32(47)44-19-14-25(15-20-44)48-29-8-4-3-7-23(29)21-42/h3-4,7-13,17,22,25,30H,2,5-6,14-16,18-20H2,1H3/t30-,33+/m1/s1. The Morgan fingerprint density at radius 3 is 2.31 bits per heavy atom. The average Bonchev–Trinajstić information content (AvgIpc) is 3.08. The number of piperidine rings is 2. The van der Waals surface area contributed by atoms with Crippen LogP contribution < -0.4 is 9.47 Å². The number of pyridine rings is 1. The average molecular weight is 689 g/mol. The smallest absolute Gasteiger partial charge is 0.417 e. The highest BCUT2D eigenvalue weighted by molar-refractivity contribution is 5.97. The first-order valence-electron chi connectivity index (χ1n) is 15.9. The molecule has 2 aromatic carbocycles. The van der Waals surface area contributed by atoms with E-state index >= 15 is 0 Å². The predicted molar refractivity (Wildman–Crippen MR) is 164 cm³/mol. The molecule has 5 rings (SSSR count). The molecule has 2 saturated heterocycles. The van der Waals surface area contributed by atoms with Gasteiger partial charge in [-0.2, -0.15) is 31.6 Å². The minimum Gasteiger partial charge on any atom is -0.489 e. The van der Waals surface area contributed by atoms with Crippen LogP contribution in [0.4, 0.5) is 26.3 Å². The van der Waals surface area contributed by atoms with Crippen LogP contribution in [0.15, 0.2) is 67.0 Å². The number of halogens is 6. The SMILES string of the molecule is CCC[C@H]1N(C(=O)c2cnccc2C(F)(F)F)CCC[C@@]1(Oc1ccc(C(F)(F)F)cc1)C(=O)N1CCC(Oc2ccccc2C#N)CC1. The topological polar surface area (TPSA) is 95.8 Å². The second-order valence-electron chi connectivity index (χ2n) is 12.1. The van der Waals surface area contributed by atoms with Crippen molar-refractivity contribution in [3.05, 3.63) is 89.2 Å². The molecule has 2 amide bonds. The zero-order valence-electron chi connectivity index (χ0n) is 26.6.